The van der Waals surface area contributed by atoms with Crippen molar-refractivity contribution in [2.45, 2.75) is 70.2 Å². The van der Waals surface area contributed by atoms with E-state index in [4.69, 9.17) is 4.74 Å². The Morgan fingerprint density at radius 2 is 1.63 bits per heavy atom. The van der Waals surface area contributed by atoms with Crippen molar-refractivity contribution in [3.8, 4) is 28.5 Å². The first-order valence-corrected chi connectivity index (χ1v) is 17.5. The second kappa shape index (κ2) is 14.9. The van der Waals surface area contributed by atoms with E-state index >= 15 is 0 Å². The second-order valence-electron chi connectivity index (χ2n) is 13.7. The highest BCUT2D eigenvalue weighted by Crippen LogP contribution is 2.32. The molecule has 1 saturated carbocycles. The van der Waals surface area contributed by atoms with Crippen LogP contribution in [0.3, 0.4) is 0 Å². The number of hydrogen-bond donors (Lipinski definition) is 4. The number of phenolic OH excluding ortho intramolecular Hbond substituents is 1. The van der Waals surface area contributed by atoms with E-state index in [-0.39, 0.29) is 35.2 Å². The van der Waals surface area contributed by atoms with E-state index in [1.165, 1.54) is 0 Å². The van der Waals surface area contributed by atoms with Crippen molar-refractivity contribution in [2.24, 2.45) is 0 Å². The number of ether oxygens (including phenoxy) is 1. The van der Waals surface area contributed by atoms with Gasteiger partial charge in [0.25, 0.3) is 11.8 Å². The number of aromatic hydroxyl groups is 1. The fraction of sp³-hybridized carbons (Fsp3) is 0.333. The molecule has 3 aromatic heterocycles. The lowest BCUT2D eigenvalue weighted by Gasteiger charge is -2.36. The minimum absolute atomic E-state index is 0.0128. The quantitative estimate of drug-likeness (QED) is 0.155. The van der Waals surface area contributed by atoms with Crippen LogP contribution in [0.4, 0.5) is 4.39 Å². The van der Waals surface area contributed by atoms with Gasteiger partial charge in [-0.3, -0.25) is 14.5 Å². The molecule has 0 unspecified atom stereocenters. The first kappa shape index (κ1) is 34.1. The van der Waals surface area contributed by atoms with Gasteiger partial charge >= 0.3 is 0 Å². The average Bonchev–Trinajstić information content (AvgIpc) is 3.55. The molecular weight excluding hydrogens is 649 g/mol. The van der Waals surface area contributed by atoms with Gasteiger partial charge in [0.2, 0.25) is 5.88 Å². The molecule has 1 saturated heterocycles. The van der Waals surface area contributed by atoms with Crippen molar-refractivity contribution < 1.29 is 23.8 Å². The topological polar surface area (TPSA) is 133 Å². The van der Waals surface area contributed by atoms with E-state index in [2.05, 4.69) is 44.8 Å². The Morgan fingerprint density at radius 1 is 0.902 bits per heavy atom. The van der Waals surface area contributed by atoms with Gasteiger partial charge in [0.1, 0.15) is 22.9 Å². The van der Waals surface area contributed by atoms with E-state index in [1.807, 2.05) is 42.5 Å². The molecule has 1 aliphatic carbocycles. The van der Waals surface area contributed by atoms with Crippen LogP contribution in [0.25, 0.3) is 16.6 Å². The largest absolute Gasteiger partial charge is 0.508 e. The number of amides is 2. The third-order valence-corrected chi connectivity index (χ3v) is 9.56. The number of phenols is 1. The fourth-order valence-electron chi connectivity index (χ4n) is 7.16. The maximum atomic E-state index is 14.4. The normalized spacial score (nSPS) is 20.9. The van der Waals surface area contributed by atoms with Gasteiger partial charge in [0.15, 0.2) is 5.69 Å². The molecular formula is C39H42FN7O4. The fourth-order valence-corrected chi connectivity index (χ4v) is 7.16. The molecule has 7 rings (SSSR count). The third kappa shape index (κ3) is 8.19. The summed E-state index contributed by atoms with van der Waals surface area (Å²) in [4.78, 5) is 32.7. The Bertz CT molecular complexity index is 2000. The van der Waals surface area contributed by atoms with Crippen LogP contribution in [0, 0.1) is 5.82 Å². The predicted octanol–water partition coefficient (Wildman–Crippen LogP) is 5.69. The van der Waals surface area contributed by atoms with Crippen molar-refractivity contribution >= 4 is 17.3 Å². The number of carbonyl (C=O) groups is 2. The Morgan fingerprint density at radius 3 is 2.35 bits per heavy atom. The molecule has 2 amide bonds. The molecule has 0 spiro atoms. The molecule has 264 valence electrons. The molecule has 4 heterocycles. The summed E-state index contributed by atoms with van der Waals surface area (Å²) in [5.74, 6) is -0.752. The SMILES string of the molecule is C[C@@H]1CN(Cc2ccc(-c3cccc(Oc4ncc(F)cc4C(=O)N[C@H]4CC[C@H](NC(=O)c5cc6ccccn6n5)CC4)c3)cc2O)C[C@H](C)N1. The van der Waals surface area contributed by atoms with Crippen molar-refractivity contribution in [3.05, 3.63) is 108 Å². The van der Waals surface area contributed by atoms with Gasteiger partial charge in [-0.2, -0.15) is 5.10 Å². The Labute approximate surface area is 295 Å². The molecule has 1 aliphatic heterocycles. The number of halogens is 1. The van der Waals surface area contributed by atoms with Crippen LogP contribution in [-0.4, -0.2) is 73.7 Å². The molecule has 2 fully saturated rings. The molecule has 0 radical (unpaired) electrons. The lowest BCUT2D eigenvalue weighted by atomic mass is 9.91. The van der Waals surface area contributed by atoms with Crippen LogP contribution < -0.4 is 20.7 Å². The monoisotopic (exact) mass is 691 g/mol. The van der Waals surface area contributed by atoms with Gasteiger partial charge in [0, 0.05) is 55.6 Å². The van der Waals surface area contributed by atoms with Crippen LogP contribution in [-0.2, 0) is 6.54 Å². The highest BCUT2D eigenvalue weighted by Gasteiger charge is 2.27. The van der Waals surface area contributed by atoms with Gasteiger partial charge in [0.05, 0.1) is 11.7 Å². The van der Waals surface area contributed by atoms with Crippen LogP contribution in [0.15, 0.2) is 85.2 Å². The Balaban J connectivity index is 0.967. The number of pyridine rings is 2. The number of hydrogen-bond acceptors (Lipinski definition) is 8. The van der Waals surface area contributed by atoms with Gasteiger partial charge in [-0.1, -0.05) is 30.3 Å². The summed E-state index contributed by atoms with van der Waals surface area (Å²) in [7, 11) is 0. The van der Waals surface area contributed by atoms with Gasteiger partial charge in [-0.25, -0.2) is 13.9 Å². The van der Waals surface area contributed by atoms with E-state index < -0.39 is 11.7 Å². The highest BCUT2D eigenvalue weighted by atomic mass is 19.1. The van der Waals surface area contributed by atoms with Crippen LogP contribution in [0.1, 0.15) is 65.9 Å². The zero-order chi connectivity index (χ0) is 35.5. The van der Waals surface area contributed by atoms with E-state index in [0.717, 1.165) is 47.6 Å². The van der Waals surface area contributed by atoms with E-state index in [9.17, 15) is 19.1 Å². The zero-order valence-electron chi connectivity index (χ0n) is 28.7. The minimum atomic E-state index is -0.653. The lowest BCUT2D eigenvalue weighted by molar-refractivity contribution is 0.0887. The number of nitrogens with one attached hydrogen (secondary N) is 3. The summed E-state index contributed by atoms with van der Waals surface area (Å²) in [5.41, 5.74) is 3.65. The summed E-state index contributed by atoms with van der Waals surface area (Å²) < 4.78 is 22.1. The first-order valence-electron chi connectivity index (χ1n) is 17.5. The molecule has 11 nitrogen and oxygen atoms in total. The number of fused-ring (bicyclic) bond motifs is 1. The van der Waals surface area contributed by atoms with E-state index in [0.29, 0.717) is 55.8 Å². The maximum Gasteiger partial charge on any atom is 0.272 e. The van der Waals surface area contributed by atoms with Gasteiger partial charge in [-0.15, -0.1) is 0 Å². The molecule has 0 bridgehead atoms. The zero-order valence-corrected chi connectivity index (χ0v) is 28.7. The average molecular weight is 692 g/mol. The molecule has 51 heavy (non-hydrogen) atoms. The van der Waals surface area contributed by atoms with Crippen LogP contribution in [0.2, 0.25) is 0 Å². The maximum absolute atomic E-state index is 14.4. The first-order chi connectivity index (χ1) is 24.7. The van der Waals surface area contributed by atoms with Gasteiger partial charge < -0.3 is 25.8 Å². The van der Waals surface area contributed by atoms with Crippen LogP contribution >= 0.6 is 0 Å². The summed E-state index contributed by atoms with van der Waals surface area (Å²) in [6.07, 6.45) is 5.44. The second-order valence-corrected chi connectivity index (χ2v) is 13.7. The van der Waals surface area contributed by atoms with Gasteiger partial charge in [-0.05, 0) is 93.1 Å². The minimum Gasteiger partial charge on any atom is -0.508 e. The molecule has 4 N–H and O–H groups in total. The molecule has 12 heteroatoms. The Kier molecular flexibility index (Phi) is 9.96. The smallest absolute Gasteiger partial charge is 0.272 e. The summed E-state index contributed by atoms with van der Waals surface area (Å²) >= 11 is 0. The van der Waals surface area contributed by atoms with Crippen molar-refractivity contribution in [2.75, 3.05) is 13.1 Å². The number of carbonyl (C=O) groups excluding carboxylic acids is 2. The number of rotatable bonds is 9. The molecule has 2 aliphatic rings. The molecule has 2 aromatic carbocycles. The summed E-state index contributed by atoms with van der Waals surface area (Å²) in [6, 6.07) is 22.0. The molecule has 2 atom stereocenters. The number of benzene rings is 2. The standard InChI is InChI=1S/C39H42FN7O4/c1-24-21-46(22-25(2)42-24)23-28-10-9-27(17-36(28)48)26-6-5-8-33(16-26)51-39-34(18-29(40)20-41-39)37(49)43-30-11-13-31(14-12-30)44-38(50)35-19-32-7-3-4-15-47(32)45-35/h3-10,15-20,24-25,30-31,42,48H,11-14,21-23H2,1-2H3,(H,43,49)(H,44,50)/t24-,25+,30-,31-. The van der Waals surface area contributed by atoms with Crippen LogP contribution in [0.5, 0.6) is 17.4 Å². The van der Waals surface area contributed by atoms with Crippen molar-refractivity contribution in [3.63, 3.8) is 0 Å². The summed E-state index contributed by atoms with van der Waals surface area (Å²) in [5, 5.41) is 24.9. The number of piperazine rings is 1. The highest BCUT2D eigenvalue weighted by molar-refractivity contribution is 5.96. The lowest BCUT2D eigenvalue weighted by Crippen LogP contribution is -2.53. The predicted molar refractivity (Wildman–Crippen MR) is 191 cm³/mol. The molecule has 5 aromatic rings. The third-order valence-electron chi connectivity index (χ3n) is 9.56. The number of aromatic nitrogens is 3. The summed E-state index contributed by atoms with van der Waals surface area (Å²) in [6.45, 7) is 6.82. The van der Waals surface area contributed by atoms with Crippen molar-refractivity contribution in [1.29, 1.82) is 0 Å². The van der Waals surface area contributed by atoms with E-state index in [1.54, 1.807) is 35.0 Å². The Hall–Kier alpha value is -5.33. The van der Waals surface area contributed by atoms with Crippen molar-refractivity contribution in [1.82, 2.24) is 35.4 Å². The number of nitrogens with zero attached hydrogens (tertiary/aromatic N) is 4.